The lowest BCUT2D eigenvalue weighted by molar-refractivity contribution is -0.127. The Bertz CT molecular complexity index is 237. The largest absolute Gasteiger partial charge is 0.338 e. The molecule has 1 amide bonds. The van der Waals surface area contributed by atoms with Gasteiger partial charge in [-0.1, -0.05) is 20.4 Å². The molecule has 0 aromatic heterocycles. The van der Waals surface area contributed by atoms with Crippen LogP contribution < -0.4 is 0 Å². The highest BCUT2D eigenvalue weighted by Crippen LogP contribution is 2.25. The number of hydrogen-bond acceptors (Lipinski definition) is 2. The van der Waals surface area contributed by atoms with Crippen molar-refractivity contribution in [1.29, 1.82) is 0 Å². The zero-order chi connectivity index (χ0) is 10.7. The van der Waals surface area contributed by atoms with Crippen LogP contribution in [0.25, 0.3) is 0 Å². The minimum atomic E-state index is 0.270. The van der Waals surface area contributed by atoms with Gasteiger partial charge in [0.2, 0.25) is 5.91 Å². The molecule has 0 N–H and O–H groups in total. The second-order valence-electron chi connectivity index (χ2n) is 4.39. The normalized spacial score (nSPS) is 22.1. The van der Waals surface area contributed by atoms with Crippen LogP contribution >= 0.6 is 12.6 Å². The minimum absolute atomic E-state index is 0.270. The summed E-state index contributed by atoms with van der Waals surface area (Å²) in [6.07, 6.45) is 0.706. The molecule has 0 aromatic carbocycles. The lowest BCUT2D eigenvalue weighted by Gasteiger charge is -2.18. The van der Waals surface area contributed by atoms with Crippen LogP contribution in [0.2, 0.25) is 0 Å². The third-order valence-electron chi connectivity index (χ3n) is 2.83. The van der Waals surface area contributed by atoms with E-state index >= 15 is 0 Å². The Kier molecular flexibility index (Phi) is 4.05. The van der Waals surface area contributed by atoms with Gasteiger partial charge in [0.05, 0.1) is 0 Å². The molecule has 0 aromatic rings. The average Bonchev–Trinajstić information content (AvgIpc) is 2.48. The van der Waals surface area contributed by atoms with E-state index in [1.54, 1.807) is 0 Å². The number of rotatable bonds is 4. The molecular weight excluding hydrogens is 194 g/mol. The number of carbonyl (C=O) groups is 1. The van der Waals surface area contributed by atoms with Crippen molar-refractivity contribution in [3.8, 4) is 0 Å². The molecule has 1 aliphatic rings. The highest BCUT2D eigenvalue weighted by atomic mass is 32.1. The third-order valence-corrected chi connectivity index (χ3v) is 3.27. The molecule has 1 rings (SSSR count). The van der Waals surface area contributed by atoms with Crippen molar-refractivity contribution in [1.82, 2.24) is 4.90 Å². The molecule has 1 heterocycles. The van der Waals surface area contributed by atoms with Crippen LogP contribution in [0.15, 0.2) is 12.2 Å². The smallest absolute Gasteiger partial charge is 0.223 e. The van der Waals surface area contributed by atoms with E-state index in [0.29, 0.717) is 30.6 Å². The fraction of sp³-hybridized carbons (Fsp3) is 0.727. The van der Waals surface area contributed by atoms with E-state index in [4.69, 9.17) is 0 Å². The first kappa shape index (κ1) is 11.6. The molecule has 2 nitrogen and oxygen atoms in total. The van der Waals surface area contributed by atoms with Gasteiger partial charge in [-0.2, -0.15) is 12.6 Å². The van der Waals surface area contributed by atoms with Gasteiger partial charge < -0.3 is 4.90 Å². The Labute approximate surface area is 91.8 Å². The first-order valence-electron chi connectivity index (χ1n) is 5.10. The number of nitrogens with zero attached hydrogens (tertiary/aromatic N) is 1. The number of carbonyl (C=O) groups excluding carboxylic acids is 1. The van der Waals surface area contributed by atoms with Crippen molar-refractivity contribution in [2.75, 3.05) is 18.8 Å². The molecule has 0 saturated carbocycles. The molecule has 1 unspecified atom stereocenters. The van der Waals surface area contributed by atoms with E-state index in [0.717, 1.165) is 12.1 Å². The van der Waals surface area contributed by atoms with Crippen LogP contribution in [0.4, 0.5) is 0 Å². The number of amides is 1. The summed E-state index contributed by atoms with van der Waals surface area (Å²) in [7, 11) is 0. The molecule has 3 heteroatoms. The fourth-order valence-electron chi connectivity index (χ4n) is 1.72. The van der Waals surface area contributed by atoms with Crippen LogP contribution in [-0.2, 0) is 4.79 Å². The maximum absolute atomic E-state index is 11.6. The van der Waals surface area contributed by atoms with Crippen molar-refractivity contribution in [2.24, 2.45) is 11.8 Å². The summed E-state index contributed by atoms with van der Waals surface area (Å²) >= 11 is 4.14. The van der Waals surface area contributed by atoms with Gasteiger partial charge in [-0.3, -0.25) is 4.79 Å². The zero-order valence-corrected chi connectivity index (χ0v) is 9.89. The first-order chi connectivity index (χ1) is 6.54. The Morgan fingerprint density at radius 1 is 1.71 bits per heavy atom. The molecule has 14 heavy (non-hydrogen) atoms. The molecule has 0 spiro atoms. The van der Waals surface area contributed by atoms with E-state index in [1.165, 1.54) is 0 Å². The summed E-state index contributed by atoms with van der Waals surface area (Å²) < 4.78 is 0. The molecular formula is C11H19NOS. The SMILES string of the molecule is C=C(CS)CN1CC(C(C)C)CC1=O. The van der Waals surface area contributed by atoms with Gasteiger partial charge in [0.15, 0.2) is 0 Å². The van der Waals surface area contributed by atoms with Crippen LogP contribution in [0.3, 0.4) is 0 Å². The quantitative estimate of drug-likeness (QED) is 0.559. The van der Waals surface area contributed by atoms with Crippen LogP contribution in [0, 0.1) is 11.8 Å². The summed E-state index contributed by atoms with van der Waals surface area (Å²) in [5, 5.41) is 0. The van der Waals surface area contributed by atoms with E-state index in [-0.39, 0.29) is 5.91 Å². The van der Waals surface area contributed by atoms with E-state index in [2.05, 4.69) is 33.1 Å². The minimum Gasteiger partial charge on any atom is -0.338 e. The summed E-state index contributed by atoms with van der Waals surface area (Å²) in [6.45, 7) is 9.80. The topological polar surface area (TPSA) is 20.3 Å². The summed E-state index contributed by atoms with van der Waals surface area (Å²) in [5.74, 6) is 2.05. The lowest BCUT2D eigenvalue weighted by atomic mass is 9.95. The maximum atomic E-state index is 11.6. The molecule has 1 aliphatic heterocycles. The Morgan fingerprint density at radius 2 is 2.36 bits per heavy atom. The molecule has 80 valence electrons. The van der Waals surface area contributed by atoms with Gasteiger partial charge in [0.25, 0.3) is 0 Å². The Hall–Kier alpha value is -0.440. The van der Waals surface area contributed by atoms with Gasteiger partial charge in [-0.05, 0) is 17.4 Å². The maximum Gasteiger partial charge on any atom is 0.223 e. The van der Waals surface area contributed by atoms with Crippen LogP contribution in [0.1, 0.15) is 20.3 Å². The second-order valence-corrected chi connectivity index (χ2v) is 4.71. The van der Waals surface area contributed by atoms with Crippen molar-refractivity contribution in [3.05, 3.63) is 12.2 Å². The molecule has 0 radical (unpaired) electrons. The molecule has 1 saturated heterocycles. The highest BCUT2D eigenvalue weighted by molar-refractivity contribution is 7.80. The predicted molar refractivity (Wildman–Crippen MR) is 62.5 cm³/mol. The van der Waals surface area contributed by atoms with E-state index < -0.39 is 0 Å². The van der Waals surface area contributed by atoms with Gasteiger partial charge >= 0.3 is 0 Å². The van der Waals surface area contributed by atoms with E-state index in [9.17, 15) is 4.79 Å². The van der Waals surface area contributed by atoms with Crippen LogP contribution in [-0.4, -0.2) is 29.6 Å². The van der Waals surface area contributed by atoms with Crippen molar-refractivity contribution in [2.45, 2.75) is 20.3 Å². The predicted octanol–water partition coefficient (Wildman–Crippen LogP) is 1.98. The van der Waals surface area contributed by atoms with Gasteiger partial charge in [-0.15, -0.1) is 0 Å². The van der Waals surface area contributed by atoms with Crippen molar-refractivity contribution >= 4 is 18.5 Å². The molecule has 0 bridgehead atoms. The van der Waals surface area contributed by atoms with Crippen molar-refractivity contribution in [3.63, 3.8) is 0 Å². The average molecular weight is 213 g/mol. The fourth-order valence-corrected chi connectivity index (χ4v) is 1.82. The van der Waals surface area contributed by atoms with Crippen LogP contribution in [0.5, 0.6) is 0 Å². The summed E-state index contributed by atoms with van der Waals surface area (Å²) in [5.41, 5.74) is 1.02. The zero-order valence-electron chi connectivity index (χ0n) is 8.99. The first-order valence-corrected chi connectivity index (χ1v) is 5.73. The number of hydrogen-bond donors (Lipinski definition) is 1. The molecule has 1 atom stereocenters. The third kappa shape index (κ3) is 2.77. The monoisotopic (exact) mass is 213 g/mol. The van der Waals surface area contributed by atoms with Gasteiger partial charge in [-0.25, -0.2) is 0 Å². The number of thiol groups is 1. The summed E-state index contributed by atoms with van der Waals surface area (Å²) in [4.78, 5) is 13.5. The molecule has 1 fully saturated rings. The van der Waals surface area contributed by atoms with E-state index in [1.807, 2.05) is 4.90 Å². The second kappa shape index (κ2) is 4.87. The standard InChI is InChI=1S/C11H19NOS/c1-8(2)10-4-11(13)12(6-10)5-9(3)7-14/h8,10,14H,3-7H2,1-2H3. The summed E-state index contributed by atoms with van der Waals surface area (Å²) in [6, 6.07) is 0. The number of likely N-dealkylation sites (tertiary alicyclic amines) is 1. The van der Waals surface area contributed by atoms with Gasteiger partial charge in [0, 0.05) is 25.3 Å². The lowest BCUT2D eigenvalue weighted by Crippen LogP contribution is -2.28. The van der Waals surface area contributed by atoms with Crippen molar-refractivity contribution < 1.29 is 4.79 Å². The Morgan fingerprint density at radius 3 is 2.79 bits per heavy atom. The van der Waals surface area contributed by atoms with Gasteiger partial charge in [0.1, 0.15) is 0 Å². The highest BCUT2D eigenvalue weighted by Gasteiger charge is 2.31. The Balaban J connectivity index is 2.49. The molecule has 0 aliphatic carbocycles.